The van der Waals surface area contributed by atoms with Gasteiger partial charge >= 0.3 is 0 Å². The van der Waals surface area contributed by atoms with Crippen LogP contribution in [0.4, 0.5) is 0 Å². The minimum absolute atomic E-state index is 0.152. The van der Waals surface area contributed by atoms with Crippen LogP contribution in [0.2, 0.25) is 0 Å². The van der Waals surface area contributed by atoms with Crippen molar-refractivity contribution in [3.05, 3.63) is 29.8 Å². The smallest absolute Gasteiger partial charge is 0.191 e. The van der Waals surface area contributed by atoms with Gasteiger partial charge in [0.2, 0.25) is 0 Å². The zero-order chi connectivity index (χ0) is 21.1. The quantitative estimate of drug-likeness (QED) is 0.347. The van der Waals surface area contributed by atoms with Crippen molar-refractivity contribution in [2.24, 2.45) is 10.9 Å². The molecule has 0 atom stereocenters. The first-order valence-electron chi connectivity index (χ1n) is 11.5. The van der Waals surface area contributed by atoms with Gasteiger partial charge in [0.25, 0.3) is 0 Å². The maximum atomic E-state index is 5.86. The Morgan fingerprint density at radius 2 is 2.00 bits per heavy atom. The molecule has 6 heteroatoms. The number of nitrogens with zero attached hydrogens (tertiary/aromatic N) is 1. The molecule has 1 aromatic carbocycles. The summed E-state index contributed by atoms with van der Waals surface area (Å²) in [6, 6.07) is 8.55. The average Bonchev–Trinajstić information content (AvgIpc) is 3.29. The van der Waals surface area contributed by atoms with Gasteiger partial charge in [0, 0.05) is 52.0 Å². The van der Waals surface area contributed by atoms with E-state index in [9.17, 15) is 0 Å². The molecule has 0 amide bonds. The molecule has 1 heterocycles. The van der Waals surface area contributed by atoms with Crippen molar-refractivity contribution in [2.75, 3.05) is 53.7 Å². The Bertz CT molecular complexity index is 653. The van der Waals surface area contributed by atoms with Gasteiger partial charge in [-0.1, -0.05) is 25.0 Å². The molecule has 6 nitrogen and oxygen atoms in total. The molecule has 0 aromatic heterocycles. The van der Waals surface area contributed by atoms with Crippen LogP contribution in [0.25, 0.3) is 0 Å². The zero-order valence-electron chi connectivity index (χ0n) is 18.8. The summed E-state index contributed by atoms with van der Waals surface area (Å²) in [5.41, 5.74) is 1.52. The standard InChI is InChI=1S/C24H39N3O3/c1-25-23(26-13-6-14-30-18-20-9-15-29-16-10-20)27-19-24(11-3-4-12-24)21-7-5-8-22(17-21)28-2/h5,7-8,17,20H,3-4,6,9-16,18-19H2,1-2H3,(H2,25,26,27). The molecule has 1 saturated carbocycles. The van der Waals surface area contributed by atoms with Crippen molar-refractivity contribution in [3.8, 4) is 5.75 Å². The molecule has 1 aliphatic heterocycles. The first-order valence-corrected chi connectivity index (χ1v) is 11.5. The van der Waals surface area contributed by atoms with E-state index in [1.54, 1.807) is 7.11 Å². The first kappa shape index (κ1) is 22.9. The van der Waals surface area contributed by atoms with E-state index in [1.807, 2.05) is 13.1 Å². The van der Waals surface area contributed by atoms with E-state index in [0.29, 0.717) is 5.92 Å². The van der Waals surface area contributed by atoms with Gasteiger partial charge in [-0.25, -0.2) is 0 Å². The third-order valence-corrected chi connectivity index (χ3v) is 6.51. The molecule has 0 bridgehead atoms. The highest BCUT2D eigenvalue weighted by atomic mass is 16.5. The Balaban J connectivity index is 1.40. The van der Waals surface area contributed by atoms with Crippen molar-refractivity contribution in [1.82, 2.24) is 10.6 Å². The fourth-order valence-electron chi connectivity index (χ4n) is 4.59. The van der Waals surface area contributed by atoms with E-state index < -0.39 is 0 Å². The van der Waals surface area contributed by atoms with Gasteiger partial charge < -0.3 is 24.8 Å². The molecular weight excluding hydrogens is 378 g/mol. The second-order valence-electron chi connectivity index (χ2n) is 8.56. The molecular formula is C24H39N3O3. The predicted molar refractivity (Wildman–Crippen MR) is 121 cm³/mol. The van der Waals surface area contributed by atoms with Crippen LogP contribution in [0.1, 0.15) is 50.5 Å². The average molecular weight is 418 g/mol. The van der Waals surface area contributed by atoms with Crippen molar-refractivity contribution in [1.29, 1.82) is 0 Å². The number of benzene rings is 1. The van der Waals surface area contributed by atoms with Gasteiger partial charge in [-0.05, 0) is 55.7 Å². The van der Waals surface area contributed by atoms with E-state index in [-0.39, 0.29) is 5.41 Å². The number of aliphatic imine (C=N–C) groups is 1. The van der Waals surface area contributed by atoms with Crippen LogP contribution >= 0.6 is 0 Å². The van der Waals surface area contributed by atoms with Crippen LogP contribution in [0.15, 0.2) is 29.3 Å². The molecule has 0 radical (unpaired) electrons. The third-order valence-electron chi connectivity index (χ3n) is 6.51. The Morgan fingerprint density at radius 1 is 1.20 bits per heavy atom. The molecule has 30 heavy (non-hydrogen) atoms. The summed E-state index contributed by atoms with van der Waals surface area (Å²) in [7, 11) is 3.57. The highest BCUT2D eigenvalue weighted by molar-refractivity contribution is 5.79. The molecule has 1 saturated heterocycles. The molecule has 3 rings (SSSR count). The number of nitrogens with one attached hydrogen (secondary N) is 2. The fourth-order valence-corrected chi connectivity index (χ4v) is 4.59. The van der Waals surface area contributed by atoms with Gasteiger partial charge in [-0.15, -0.1) is 0 Å². The summed E-state index contributed by atoms with van der Waals surface area (Å²) in [6.07, 6.45) is 8.18. The minimum Gasteiger partial charge on any atom is -0.497 e. The van der Waals surface area contributed by atoms with Crippen LogP contribution in [0, 0.1) is 5.92 Å². The van der Waals surface area contributed by atoms with Crippen LogP contribution < -0.4 is 15.4 Å². The second kappa shape index (κ2) is 12.2. The lowest BCUT2D eigenvalue weighted by molar-refractivity contribution is 0.0203. The van der Waals surface area contributed by atoms with Gasteiger partial charge in [0.15, 0.2) is 5.96 Å². The number of hydrogen-bond acceptors (Lipinski definition) is 4. The van der Waals surface area contributed by atoms with Crippen LogP contribution in [0.3, 0.4) is 0 Å². The third kappa shape index (κ3) is 6.61. The van der Waals surface area contributed by atoms with Crippen molar-refractivity contribution >= 4 is 5.96 Å². The topological polar surface area (TPSA) is 64.1 Å². The number of rotatable bonds is 10. The van der Waals surface area contributed by atoms with Gasteiger partial charge in [-0.2, -0.15) is 0 Å². The van der Waals surface area contributed by atoms with Crippen molar-refractivity contribution in [2.45, 2.75) is 50.4 Å². The highest BCUT2D eigenvalue weighted by Gasteiger charge is 2.36. The van der Waals surface area contributed by atoms with E-state index in [4.69, 9.17) is 14.2 Å². The molecule has 0 spiro atoms. The summed E-state index contributed by atoms with van der Waals surface area (Å²) in [6.45, 7) is 5.16. The summed E-state index contributed by atoms with van der Waals surface area (Å²) in [5, 5.41) is 7.01. The Hall–Kier alpha value is -1.79. The maximum Gasteiger partial charge on any atom is 0.191 e. The SMILES string of the molecule is CN=C(NCCCOCC1CCOCC1)NCC1(c2cccc(OC)c2)CCCC1. The van der Waals surface area contributed by atoms with Gasteiger partial charge in [-0.3, -0.25) is 4.99 Å². The Labute approximate surface area is 181 Å². The predicted octanol–water partition coefficient (Wildman–Crippen LogP) is 3.51. The lowest BCUT2D eigenvalue weighted by Gasteiger charge is -2.31. The second-order valence-corrected chi connectivity index (χ2v) is 8.56. The minimum atomic E-state index is 0.152. The van der Waals surface area contributed by atoms with Crippen LogP contribution in [-0.4, -0.2) is 59.6 Å². The maximum absolute atomic E-state index is 5.86. The normalized spacial score (nSPS) is 19.6. The molecule has 1 aliphatic carbocycles. The Kier molecular flexibility index (Phi) is 9.27. The molecule has 2 N–H and O–H groups in total. The van der Waals surface area contributed by atoms with Crippen molar-refractivity contribution < 1.29 is 14.2 Å². The van der Waals surface area contributed by atoms with E-state index in [1.165, 1.54) is 31.2 Å². The van der Waals surface area contributed by atoms with Crippen LogP contribution in [-0.2, 0) is 14.9 Å². The summed E-state index contributed by atoms with van der Waals surface area (Å²) < 4.78 is 16.7. The van der Waals surface area contributed by atoms with E-state index in [2.05, 4.69) is 33.8 Å². The lowest BCUT2D eigenvalue weighted by atomic mass is 9.78. The zero-order valence-corrected chi connectivity index (χ0v) is 18.8. The number of methoxy groups -OCH3 is 1. The fraction of sp³-hybridized carbons (Fsp3) is 0.708. The van der Waals surface area contributed by atoms with E-state index in [0.717, 1.165) is 70.5 Å². The van der Waals surface area contributed by atoms with Crippen LogP contribution in [0.5, 0.6) is 5.75 Å². The van der Waals surface area contributed by atoms with E-state index >= 15 is 0 Å². The Morgan fingerprint density at radius 3 is 2.73 bits per heavy atom. The molecule has 2 fully saturated rings. The summed E-state index contributed by atoms with van der Waals surface area (Å²) in [5.74, 6) is 2.47. The molecule has 1 aromatic rings. The molecule has 2 aliphatic rings. The molecule has 0 unspecified atom stereocenters. The number of ether oxygens (including phenoxy) is 3. The summed E-state index contributed by atoms with van der Waals surface area (Å²) in [4.78, 5) is 4.41. The summed E-state index contributed by atoms with van der Waals surface area (Å²) >= 11 is 0. The number of guanidine groups is 1. The lowest BCUT2D eigenvalue weighted by Crippen LogP contribution is -2.45. The van der Waals surface area contributed by atoms with Gasteiger partial charge in [0.1, 0.15) is 5.75 Å². The monoisotopic (exact) mass is 417 g/mol. The first-order chi connectivity index (χ1) is 14.8. The largest absolute Gasteiger partial charge is 0.497 e. The van der Waals surface area contributed by atoms with Crippen molar-refractivity contribution in [3.63, 3.8) is 0 Å². The number of hydrogen-bond donors (Lipinski definition) is 2. The molecule has 168 valence electrons. The highest BCUT2D eigenvalue weighted by Crippen LogP contribution is 2.41. The van der Waals surface area contributed by atoms with Gasteiger partial charge in [0.05, 0.1) is 7.11 Å².